The summed E-state index contributed by atoms with van der Waals surface area (Å²) in [5, 5.41) is 5.61. The molecule has 0 radical (unpaired) electrons. The molecule has 1 aromatic carbocycles. The van der Waals surface area contributed by atoms with Crippen LogP contribution >= 0.6 is 0 Å². The van der Waals surface area contributed by atoms with Crippen LogP contribution in [-0.2, 0) is 6.42 Å². The summed E-state index contributed by atoms with van der Waals surface area (Å²) < 4.78 is 6.02. The molecule has 0 spiro atoms. The van der Waals surface area contributed by atoms with Crippen molar-refractivity contribution in [3.8, 4) is 5.88 Å². The van der Waals surface area contributed by atoms with Crippen molar-refractivity contribution < 1.29 is 4.74 Å². The summed E-state index contributed by atoms with van der Waals surface area (Å²) in [6.45, 7) is 10.9. The molecule has 0 saturated carbocycles. The number of aromatic amines is 1. The summed E-state index contributed by atoms with van der Waals surface area (Å²) in [5.74, 6) is 1.89. The van der Waals surface area contributed by atoms with E-state index in [1.807, 2.05) is 30.3 Å². The number of aromatic nitrogens is 4. The first-order valence-electron chi connectivity index (χ1n) is 12.6. The van der Waals surface area contributed by atoms with Gasteiger partial charge in [0.05, 0.1) is 18.5 Å². The molecule has 0 aliphatic rings. The normalized spacial score (nSPS) is 11.3. The van der Waals surface area contributed by atoms with Crippen LogP contribution in [0.3, 0.4) is 0 Å². The van der Waals surface area contributed by atoms with E-state index >= 15 is 0 Å². The number of hydrazone groups is 1. The fourth-order valence-corrected chi connectivity index (χ4v) is 4.11. The number of benzene rings is 1. The summed E-state index contributed by atoms with van der Waals surface area (Å²) in [7, 11) is 0. The van der Waals surface area contributed by atoms with E-state index in [4.69, 9.17) is 9.72 Å². The second kappa shape index (κ2) is 12.2. The second-order valence-electron chi connectivity index (χ2n) is 8.83. The van der Waals surface area contributed by atoms with Gasteiger partial charge in [0.15, 0.2) is 5.82 Å². The van der Waals surface area contributed by atoms with E-state index < -0.39 is 0 Å². The average molecular weight is 486 g/mol. The smallest absolute Gasteiger partial charge is 0.219 e. The molecule has 0 unspecified atom stereocenters. The van der Waals surface area contributed by atoms with E-state index in [9.17, 15) is 0 Å². The Morgan fingerprint density at radius 2 is 1.89 bits per heavy atom. The van der Waals surface area contributed by atoms with Crippen LogP contribution in [0.25, 0.3) is 10.9 Å². The van der Waals surface area contributed by atoms with E-state index in [-0.39, 0.29) is 0 Å². The highest BCUT2D eigenvalue weighted by molar-refractivity contribution is 5.87. The minimum absolute atomic E-state index is 0.485. The number of aryl methyl sites for hydroxylation is 2. The third-order valence-electron chi connectivity index (χ3n) is 6.03. The number of hydrogen-bond donors (Lipinski definition) is 2. The largest absolute Gasteiger partial charge is 0.477 e. The van der Waals surface area contributed by atoms with Gasteiger partial charge in [-0.05, 0) is 62.6 Å². The highest BCUT2D eigenvalue weighted by atomic mass is 16.5. The molecule has 4 aromatic rings. The number of H-pyrrole nitrogens is 1. The number of ether oxygens (including phenoxy) is 1. The van der Waals surface area contributed by atoms with Gasteiger partial charge >= 0.3 is 0 Å². The third-order valence-corrected chi connectivity index (χ3v) is 6.03. The number of pyridine rings is 1. The Balaban J connectivity index is 1.52. The van der Waals surface area contributed by atoms with Crippen LogP contribution in [0.15, 0.2) is 53.8 Å². The summed E-state index contributed by atoms with van der Waals surface area (Å²) in [6.07, 6.45) is 6.21. The number of anilines is 2. The zero-order valence-corrected chi connectivity index (χ0v) is 21.6. The Hall–Kier alpha value is -3.94. The molecule has 8 nitrogen and oxygen atoms in total. The molecule has 0 aliphatic carbocycles. The van der Waals surface area contributed by atoms with Crippen molar-refractivity contribution in [3.05, 3.63) is 71.4 Å². The lowest BCUT2D eigenvalue weighted by molar-refractivity contribution is 0.307. The van der Waals surface area contributed by atoms with Gasteiger partial charge < -0.3 is 14.6 Å². The topological polar surface area (TPSA) is 91.3 Å². The van der Waals surface area contributed by atoms with Gasteiger partial charge in [-0.1, -0.05) is 19.9 Å². The van der Waals surface area contributed by atoms with Gasteiger partial charge in [-0.15, -0.1) is 0 Å². The number of hydrogen-bond acceptors (Lipinski definition) is 7. The van der Waals surface area contributed by atoms with Crippen molar-refractivity contribution in [1.82, 2.24) is 19.9 Å². The molecule has 3 heterocycles. The lowest BCUT2D eigenvalue weighted by Gasteiger charge is -2.23. The SMILES string of the molecule is CCCN(CCC)c1cc(OCCc2ccccn2)nc(/C=N/Nc2ccc3[nH]c(C)c(C)c3c2)n1. The number of nitrogens with one attached hydrogen (secondary N) is 2. The summed E-state index contributed by atoms with van der Waals surface area (Å²) >= 11 is 0. The van der Waals surface area contributed by atoms with Crippen molar-refractivity contribution in [2.45, 2.75) is 47.0 Å². The molecular formula is C28H35N7O. The van der Waals surface area contributed by atoms with Crippen LogP contribution < -0.4 is 15.1 Å². The Morgan fingerprint density at radius 1 is 1.06 bits per heavy atom. The van der Waals surface area contributed by atoms with E-state index in [0.717, 1.165) is 48.6 Å². The maximum Gasteiger partial charge on any atom is 0.219 e. The maximum atomic E-state index is 6.02. The van der Waals surface area contributed by atoms with Gasteiger partial charge in [0.25, 0.3) is 0 Å². The summed E-state index contributed by atoms with van der Waals surface area (Å²) in [4.78, 5) is 19.4. The average Bonchev–Trinajstić information content (AvgIpc) is 3.17. The number of rotatable bonds is 12. The molecule has 0 bridgehead atoms. The van der Waals surface area contributed by atoms with Gasteiger partial charge in [-0.25, -0.2) is 4.98 Å². The first-order valence-corrected chi connectivity index (χ1v) is 12.6. The highest BCUT2D eigenvalue weighted by Gasteiger charge is 2.12. The molecule has 0 aliphatic heterocycles. The monoisotopic (exact) mass is 485 g/mol. The molecular weight excluding hydrogens is 450 g/mol. The van der Waals surface area contributed by atoms with Gasteiger partial charge in [-0.3, -0.25) is 10.4 Å². The maximum absolute atomic E-state index is 6.02. The Bertz CT molecular complexity index is 1290. The molecule has 4 rings (SSSR count). The van der Waals surface area contributed by atoms with E-state index in [1.54, 1.807) is 12.4 Å². The molecule has 8 heteroatoms. The Morgan fingerprint density at radius 3 is 2.64 bits per heavy atom. The predicted octanol–water partition coefficient (Wildman–Crippen LogP) is 5.66. The second-order valence-corrected chi connectivity index (χ2v) is 8.83. The van der Waals surface area contributed by atoms with Gasteiger partial charge in [0.1, 0.15) is 5.82 Å². The molecule has 2 N–H and O–H groups in total. The van der Waals surface area contributed by atoms with Crippen LogP contribution in [0.2, 0.25) is 0 Å². The van der Waals surface area contributed by atoms with Crippen molar-refractivity contribution in [2.75, 3.05) is 30.0 Å². The zero-order chi connectivity index (χ0) is 25.3. The van der Waals surface area contributed by atoms with Gasteiger partial charge in [0.2, 0.25) is 5.88 Å². The molecule has 0 amide bonds. The molecule has 0 saturated heterocycles. The zero-order valence-electron chi connectivity index (χ0n) is 21.6. The lowest BCUT2D eigenvalue weighted by atomic mass is 10.1. The van der Waals surface area contributed by atoms with E-state index in [1.165, 1.54) is 16.6 Å². The predicted molar refractivity (Wildman–Crippen MR) is 147 cm³/mol. The highest BCUT2D eigenvalue weighted by Crippen LogP contribution is 2.24. The van der Waals surface area contributed by atoms with Crippen molar-refractivity contribution in [2.24, 2.45) is 5.10 Å². The molecule has 188 valence electrons. The van der Waals surface area contributed by atoms with Crippen LogP contribution in [0.1, 0.15) is 49.5 Å². The Labute approximate surface area is 212 Å². The van der Waals surface area contributed by atoms with E-state index in [2.05, 4.69) is 70.2 Å². The fraction of sp³-hybridized carbons (Fsp3) is 0.357. The molecule has 36 heavy (non-hydrogen) atoms. The van der Waals surface area contributed by atoms with Gasteiger partial charge in [-0.2, -0.15) is 10.1 Å². The number of fused-ring (bicyclic) bond motifs is 1. The quantitative estimate of drug-likeness (QED) is 0.199. The summed E-state index contributed by atoms with van der Waals surface area (Å²) in [6, 6.07) is 14.0. The number of nitrogens with zero attached hydrogens (tertiary/aromatic N) is 5. The standard InChI is InChI=1S/C28H35N7O/c1-5-14-35(15-6-2)27-18-28(36-16-12-22-9-7-8-13-29-22)33-26(32-27)19-30-34-23-10-11-25-24(17-23)20(3)21(4)31-25/h7-11,13,17-19,31,34H,5-6,12,14-16H2,1-4H3/b30-19+. The fourth-order valence-electron chi connectivity index (χ4n) is 4.11. The Kier molecular flexibility index (Phi) is 8.49. The van der Waals surface area contributed by atoms with Crippen LogP contribution in [-0.4, -0.2) is 45.8 Å². The van der Waals surface area contributed by atoms with Crippen molar-refractivity contribution in [1.29, 1.82) is 0 Å². The van der Waals surface area contributed by atoms with Crippen molar-refractivity contribution >= 4 is 28.6 Å². The van der Waals surface area contributed by atoms with Crippen molar-refractivity contribution in [3.63, 3.8) is 0 Å². The lowest BCUT2D eigenvalue weighted by Crippen LogP contribution is -2.26. The summed E-state index contributed by atoms with van der Waals surface area (Å²) in [5.41, 5.74) is 8.55. The molecule has 0 atom stereocenters. The molecule has 0 fully saturated rings. The molecule has 3 aromatic heterocycles. The van der Waals surface area contributed by atoms with E-state index in [0.29, 0.717) is 24.7 Å². The first-order chi connectivity index (χ1) is 17.6. The minimum Gasteiger partial charge on any atom is -0.477 e. The van der Waals surface area contributed by atoms with Crippen LogP contribution in [0.4, 0.5) is 11.5 Å². The van der Waals surface area contributed by atoms with Gasteiger partial charge in [0, 0.05) is 54.1 Å². The minimum atomic E-state index is 0.485. The third kappa shape index (κ3) is 6.38. The van der Waals surface area contributed by atoms with Crippen LogP contribution in [0, 0.1) is 13.8 Å². The first kappa shape index (κ1) is 25.2. The van der Waals surface area contributed by atoms with Crippen LogP contribution in [0.5, 0.6) is 5.88 Å².